The Bertz CT molecular complexity index is 219. The summed E-state index contributed by atoms with van der Waals surface area (Å²) < 4.78 is 0. The fourth-order valence-electron chi connectivity index (χ4n) is 1.45. The molecule has 0 fully saturated rings. The van der Waals surface area contributed by atoms with Crippen molar-refractivity contribution in [2.45, 2.75) is 58.7 Å². The molecule has 0 heterocycles. The third-order valence-electron chi connectivity index (χ3n) is 2.58. The summed E-state index contributed by atoms with van der Waals surface area (Å²) in [5.74, 6) is 0. The number of allylic oxidation sites excluding steroid dienone is 1. The van der Waals surface area contributed by atoms with Gasteiger partial charge in [-0.05, 0) is 36.8 Å². The van der Waals surface area contributed by atoms with E-state index in [9.17, 15) is 10.2 Å². The maximum atomic E-state index is 9.69. The van der Waals surface area contributed by atoms with Crippen molar-refractivity contribution in [3.05, 3.63) is 23.8 Å². The molecular weight excluding hydrogens is 188 g/mol. The lowest BCUT2D eigenvalue weighted by Crippen LogP contribution is -2.14. The van der Waals surface area contributed by atoms with E-state index in [2.05, 4.69) is 6.58 Å². The van der Waals surface area contributed by atoms with Crippen LogP contribution in [0.25, 0.3) is 0 Å². The molecule has 0 rings (SSSR count). The van der Waals surface area contributed by atoms with Crippen LogP contribution in [0, 0.1) is 0 Å². The second-order valence-electron chi connectivity index (χ2n) is 3.85. The van der Waals surface area contributed by atoms with Gasteiger partial charge >= 0.3 is 0 Å². The van der Waals surface area contributed by atoms with Gasteiger partial charge in [-0.1, -0.05) is 33.4 Å². The Morgan fingerprint density at radius 2 is 1.80 bits per heavy atom. The van der Waals surface area contributed by atoms with Crippen LogP contribution in [0.4, 0.5) is 0 Å². The molecule has 88 valence electrons. The summed E-state index contributed by atoms with van der Waals surface area (Å²) in [5.41, 5.74) is 1.76. The van der Waals surface area contributed by atoms with Crippen LogP contribution >= 0.6 is 0 Å². The molecule has 0 aliphatic heterocycles. The molecule has 0 bridgehead atoms. The fraction of sp³-hybridized carbons (Fsp3) is 0.692. The molecule has 0 saturated heterocycles. The molecule has 0 aromatic heterocycles. The van der Waals surface area contributed by atoms with E-state index in [1.807, 2.05) is 26.8 Å². The van der Waals surface area contributed by atoms with E-state index in [1.54, 1.807) is 0 Å². The number of aliphatic hydroxyl groups is 2. The third-order valence-corrected chi connectivity index (χ3v) is 2.58. The first kappa shape index (κ1) is 14.4. The normalized spacial score (nSPS) is 16.2. The third kappa shape index (κ3) is 5.14. The van der Waals surface area contributed by atoms with Gasteiger partial charge in [0.1, 0.15) is 0 Å². The number of rotatable bonds is 7. The van der Waals surface area contributed by atoms with Gasteiger partial charge in [0, 0.05) is 0 Å². The molecule has 0 amide bonds. The van der Waals surface area contributed by atoms with E-state index < -0.39 is 6.10 Å². The molecule has 2 nitrogen and oxygen atoms in total. The van der Waals surface area contributed by atoms with Crippen molar-refractivity contribution in [3.8, 4) is 0 Å². The molecule has 0 aliphatic rings. The van der Waals surface area contributed by atoms with Crippen LogP contribution in [-0.2, 0) is 0 Å². The van der Waals surface area contributed by atoms with Gasteiger partial charge in [-0.25, -0.2) is 0 Å². The summed E-state index contributed by atoms with van der Waals surface area (Å²) in [5, 5.41) is 19.3. The SMILES string of the molecule is C=C(/C(=C\CC)C[C@H](O)CC)[C@H](O)CC. The molecule has 0 saturated carbocycles. The lowest BCUT2D eigenvalue weighted by atomic mass is 9.94. The zero-order valence-electron chi connectivity index (χ0n) is 10.2. The zero-order valence-corrected chi connectivity index (χ0v) is 10.2. The van der Waals surface area contributed by atoms with E-state index in [4.69, 9.17) is 0 Å². The Kier molecular flexibility index (Phi) is 7.35. The van der Waals surface area contributed by atoms with Gasteiger partial charge in [-0.3, -0.25) is 0 Å². The Balaban J connectivity index is 4.53. The zero-order chi connectivity index (χ0) is 11.8. The summed E-state index contributed by atoms with van der Waals surface area (Å²) in [7, 11) is 0. The molecule has 0 aromatic rings. The fourth-order valence-corrected chi connectivity index (χ4v) is 1.45. The average molecular weight is 212 g/mol. The van der Waals surface area contributed by atoms with E-state index in [0.29, 0.717) is 12.8 Å². The summed E-state index contributed by atoms with van der Waals surface area (Å²) >= 11 is 0. The maximum Gasteiger partial charge on any atom is 0.0784 e. The second kappa shape index (κ2) is 7.66. The topological polar surface area (TPSA) is 40.5 Å². The van der Waals surface area contributed by atoms with Crippen LogP contribution in [0.5, 0.6) is 0 Å². The van der Waals surface area contributed by atoms with Crippen LogP contribution in [0.1, 0.15) is 46.5 Å². The number of hydrogen-bond donors (Lipinski definition) is 2. The molecule has 0 aromatic carbocycles. The lowest BCUT2D eigenvalue weighted by molar-refractivity contribution is 0.167. The lowest BCUT2D eigenvalue weighted by Gasteiger charge is -2.18. The highest BCUT2D eigenvalue weighted by atomic mass is 16.3. The van der Waals surface area contributed by atoms with Crippen LogP contribution in [-0.4, -0.2) is 22.4 Å². The van der Waals surface area contributed by atoms with Gasteiger partial charge in [0.25, 0.3) is 0 Å². The van der Waals surface area contributed by atoms with Crippen LogP contribution in [0.3, 0.4) is 0 Å². The second-order valence-corrected chi connectivity index (χ2v) is 3.85. The smallest absolute Gasteiger partial charge is 0.0784 e. The van der Waals surface area contributed by atoms with Crippen molar-refractivity contribution in [2.75, 3.05) is 0 Å². The molecule has 0 spiro atoms. The highest BCUT2D eigenvalue weighted by molar-refractivity contribution is 5.31. The van der Waals surface area contributed by atoms with Crippen LogP contribution in [0.15, 0.2) is 23.8 Å². The van der Waals surface area contributed by atoms with Crippen molar-refractivity contribution < 1.29 is 10.2 Å². The first-order valence-corrected chi connectivity index (χ1v) is 5.81. The molecule has 15 heavy (non-hydrogen) atoms. The Hall–Kier alpha value is -0.600. The van der Waals surface area contributed by atoms with Crippen LogP contribution < -0.4 is 0 Å². The van der Waals surface area contributed by atoms with E-state index >= 15 is 0 Å². The maximum absolute atomic E-state index is 9.69. The molecule has 0 radical (unpaired) electrons. The van der Waals surface area contributed by atoms with Gasteiger partial charge in [0.15, 0.2) is 0 Å². The molecule has 2 N–H and O–H groups in total. The Labute approximate surface area is 93.3 Å². The highest BCUT2D eigenvalue weighted by Gasteiger charge is 2.13. The summed E-state index contributed by atoms with van der Waals surface area (Å²) in [6.07, 6.45) is 4.13. The van der Waals surface area contributed by atoms with Crippen molar-refractivity contribution in [1.82, 2.24) is 0 Å². The predicted octanol–water partition coefficient (Wildman–Crippen LogP) is 2.81. The minimum Gasteiger partial charge on any atom is -0.393 e. The summed E-state index contributed by atoms with van der Waals surface area (Å²) in [6, 6.07) is 0. The monoisotopic (exact) mass is 212 g/mol. The quantitative estimate of drug-likeness (QED) is 0.637. The summed E-state index contributed by atoms with van der Waals surface area (Å²) in [6.45, 7) is 9.83. The van der Waals surface area contributed by atoms with E-state index in [0.717, 1.165) is 24.0 Å². The minimum absolute atomic E-state index is 0.330. The average Bonchev–Trinajstić information content (AvgIpc) is 2.26. The van der Waals surface area contributed by atoms with Gasteiger partial charge in [-0.15, -0.1) is 0 Å². The summed E-state index contributed by atoms with van der Waals surface area (Å²) in [4.78, 5) is 0. The van der Waals surface area contributed by atoms with E-state index in [-0.39, 0.29) is 6.10 Å². The highest BCUT2D eigenvalue weighted by Crippen LogP contribution is 2.21. The Morgan fingerprint density at radius 1 is 1.20 bits per heavy atom. The first-order valence-electron chi connectivity index (χ1n) is 5.81. The van der Waals surface area contributed by atoms with Gasteiger partial charge < -0.3 is 10.2 Å². The standard InChI is InChI=1S/C13H24O2/c1-5-8-11(9-12(14)6-2)10(4)13(15)7-3/h8,12-15H,4-7,9H2,1-3H3/b11-8-/t12-,13-/m1/s1. The molecule has 2 atom stereocenters. The van der Waals surface area contributed by atoms with Crippen molar-refractivity contribution in [2.24, 2.45) is 0 Å². The molecular formula is C13H24O2. The number of aliphatic hydroxyl groups excluding tert-OH is 2. The predicted molar refractivity (Wildman–Crippen MR) is 64.7 cm³/mol. The number of hydrogen-bond acceptors (Lipinski definition) is 2. The van der Waals surface area contributed by atoms with Crippen molar-refractivity contribution >= 4 is 0 Å². The van der Waals surface area contributed by atoms with Crippen LogP contribution in [0.2, 0.25) is 0 Å². The molecule has 0 unspecified atom stereocenters. The van der Waals surface area contributed by atoms with Gasteiger partial charge in [-0.2, -0.15) is 0 Å². The molecule has 0 aliphatic carbocycles. The van der Waals surface area contributed by atoms with Gasteiger partial charge in [0.2, 0.25) is 0 Å². The van der Waals surface area contributed by atoms with Crippen molar-refractivity contribution in [3.63, 3.8) is 0 Å². The molecule has 2 heteroatoms. The van der Waals surface area contributed by atoms with Gasteiger partial charge in [0.05, 0.1) is 12.2 Å². The first-order chi connectivity index (χ1) is 7.06. The van der Waals surface area contributed by atoms with E-state index in [1.165, 1.54) is 0 Å². The minimum atomic E-state index is -0.480. The largest absolute Gasteiger partial charge is 0.393 e. The Morgan fingerprint density at radius 3 is 2.20 bits per heavy atom. The van der Waals surface area contributed by atoms with Crippen molar-refractivity contribution in [1.29, 1.82) is 0 Å².